The predicted molar refractivity (Wildman–Crippen MR) is 83.0 cm³/mol. The summed E-state index contributed by atoms with van der Waals surface area (Å²) in [7, 11) is 0. The maximum absolute atomic E-state index is 11.5. The molecule has 0 bridgehead atoms. The molecular formula is C16H32N2O2. The topological polar surface area (TPSA) is 52.6 Å². The maximum atomic E-state index is 11.5. The highest BCUT2D eigenvalue weighted by Gasteiger charge is 2.33. The van der Waals surface area contributed by atoms with Gasteiger partial charge in [-0.1, -0.05) is 6.92 Å². The second kappa shape index (κ2) is 7.41. The average Bonchev–Trinajstić information content (AvgIpc) is 2.32. The van der Waals surface area contributed by atoms with E-state index < -0.39 is 11.5 Å². The van der Waals surface area contributed by atoms with E-state index in [1.165, 1.54) is 12.8 Å². The van der Waals surface area contributed by atoms with Gasteiger partial charge in [-0.3, -0.25) is 10.1 Å². The van der Waals surface area contributed by atoms with Crippen LogP contribution >= 0.6 is 0 Å². The fourth-order valence-electron chi connectivity index (χ4n) is 3.21. The van der Waals surface area contributed by atoms with Crippen molar-refractivity contribution in [1.82, 2.24) is 10.2 Å². The molecule has 0 aromatic carbocycles. The molecule has 0 amide bonds. The molecule has 0 saturated carbocycles. The van der Waals surface area contributed by atoms with Crippen molar-refractivity contribution in [2.45, 2.75) is 77.9 Å². The number of likely N-dealkylation sites (tertiary alicyclic amines) is 1. The van der Waals surface area contributed by atoms with Crippen LogP contribution in [0.5, 0.6) is 0 Å². The quantitative estimate of drug-likeness (QED) is 0.755. The molecule has 0 aliphatic carbocycles. The molecular weight excluding hydrogens is 252 g/mol. The van der Waals surface area contributed by atoms with Crippen LogP contribution < -0.4 is 5.32 Å². The van der Waals surface area contributed by atoms with Crippen molar-refractivity contribution in [3.8, 4) is 0 Å². The van der Waals surface area contributed by atoms with Crippen LogP contribution in [-0.4, -0.2) is 46.7 Å². The normalized spacial score (nSPS) is 27.5. The summed E-state index contributed by atoms with van der Waals surface area (Å²) in [5, 5.41) is 12.6. The minimum Gasteiger partial charge on any atom is -0.480 e. The number of piperidine rings is 1. The van der Waals surface area contributed by atoms with Crippen molar-refractivity contribution in [3.05, 3.63) is 0 Å². The van der Waals surface area contributed by atoms with Gasteiger partial charge in [0, 0.05) is 18.6 Å². The Morgan fingerprint density at radius 2 is 2.05 bits per heavy atom. The number of hydrogen-bond acceptors (Lipinski definition) is 3. The highest BCUT2D eigenvalue weighted by molar-refractivity contribution is 5.78. The van der Waals surface area contributed by atoms with E-state index in [1.807, 2.05) is 13.8 Å². The Labute approximate surface area is 123 Å². The van der Waals surface area contributed by atoms with Crippen LogP contribution in [0.3, 0.4) is 0 Å². The van der Waals surface area contributed by atoms with E-state index in [0.717, 1.165) is 25.4 Å². The minimum absolute atomic E-state index is 0.185. The molecule has 118 valence electrons. The fourth-order valence-corrected chi connectivity index (χ4v) is 3.21. The first-order chi connectivity index (χ1) is 9.24. The molecule has 2 N–H and O–H groups in total. The lowest BCUT2D eigenvalue weighted by atomic mass is 9.92. The Kier molecular flexibility index (Phi) is 6.46. The summed E-state index contributed by atoms with van der Waals surface area (Å²) < 4.78 is 0. The molecule has 0 aromatic heterocycles. The Bertz CT molecular complexity index is 320. The van der Waals surface area contributed by atoms with Gasteiger partial charge >= 0.3 is 5.97 Å². The van der Waals surface area contributed by atoms with Crippen molar-refractivity contribution in [1.29, 1.82) is 0 Å². The van der Waals surface area contributed by atoms with Gasteiger partial charge in [-0.05, 0) is 65.8 Å². The SMILES string of the molecule is CC1CCC(C)N(CCCC(C)(NC(C)C)C(=O)O)C1. The molecule has 0 radical (unpaired) electrons. The lowest BCUT2D eigenvalue weighted by molar-refractivity contribution is -0.144. The largest absolute Gasteiger partial charge is 0.480 e. The Morgan fingerprint density at radius 3 is 2.60 bits per heavy atom. The molecule has 1 rings (SSSR count). The first kappa shape index (κ1) is 17.4. The smallest absolute Gasteiger partial charge is 0.323 e. The zero-order valence-corrected chi connectivity index (χ0v) is 13.8. The Balaban J connectivity index is 2.46. The number of carbonyl (C=O) groups is 1. The number of nitrogens with one attached hydrogen (secondary N) is 1. The third-order valence-corrected chi connectivity index (χ3v) is 4.45. The summed E-state index contributed by atoms with van der Waals surface area (Å²) in [6, 6.07) is 0.824. The van der Waals surface area contributed by atoms with Crippen LogP contribution in [0.25, 0.3) is 0 Å². The van der Waals surface area contributed by atoms with Crippen molar-refractivity contribution in [3.63, 3.8) is 0 Å². The van der Waals surface area contributed by atoms with Crippen molar-refractivity contribution < 1.29 is 9.90 Å². The molecule has 1 aliphatic rings. The number of hydrogen-bond donors (Lipinski definition) is 2. The molecule has 1 aliphatic heterocycles. The van der Waals surface area contributed by atoms with Crippen molar-refractivity contribution >= 4 is 5.97 Å². The van der Waals surface area contributed by atoms with E-state index in [9.17, 15) is 9.90 Å². The molecule has 1 fully saturated rings. The highest BCUT2D eigenvalue weighted by atomic mass is 16.4. The number of aliphatic carboxylic acids is 1. The van der Waals surface area contributed by atoms with Gasteiger partial charge in [-0.2, -0.15) is 0 Å². The summed E-state index contributed by atoms with van der Waals surface area (Å²) in [5.41, 5.74) is -0.807. The molecule has 4 heteroatoms. The lowest BCUT2D eigenvalue weighted by Crippen LogP contribution is -2.52. The molecule has 0 aromatic rings. The van der Waals surface area contributed by atoms with Crippen LogP contribution in [0.2, 0.25) is 0 Å². The minimum atomic E-state index is -0.807. The fraction of sp³-hybridized carbons (Fsp3) is 0.938. The number of nitrogens with zero attached hydrogens (tertiary/aromatic N) is 1. The average molecular weight is 284 g/mol. The van der Waals surface area contributed by atoms with Crippen LogP contribution in [0.1, 0.15) is 60.3 Å². The van der Waals surface area contributed by atoms with Crippen LogP contribution in [0.15, 0.2) is 0 Å². The van der Waals surface area contributed by atoms with Gasteiger partial charge in [0.2, 0.25) is 0 Å². The number of carboxylic acid groups (broad SMARTS) is 1. The highest BCUT2D eigenvalue weighted by Crippen LogP contribution is 2.22. The van der Waals surface area contributed by atoms with Gasteiger partial charge in [0.25, 0.3) is 0 Å². The van der Waals surface area contributed by atoms with Crippen molar-refractivity contribution in [2.75, 3.05) is 13.1 Å². The molecule has 0 spiro atoms. The molecule has 20 heavy (non-hydrogen) atoms. The second-order valence-electron chi connectivity index (χ2n) is 7.07. The summed E-state index contributed by atoms with van der Waals surface area (Å²) in [5.74, 6) is 0.0251. The summed E-state index contributed by atoms with van der Waals surface area (Å²) >= 11 is 0. The monoisotopic (exact) mass is 284 g/mol. The maximum Gasteiger partial charge on any atom is 0.323 e. The van der Waals surface area contributed by atoms with Crippen LogP contribution in [0.4, 0.5) is 0 Å². The van der Waals surface area contributed by atoms with Gasteiger partial charge in [0.05, 0.1) is 0 Å². The van der Waals surface area contributed by atoms with E-state index in [2.05, 4.69) is 24.1 Å². The molecule has 3 atom stereocenters. The predicted octanol–water partition coefficient (Wildman–Crippen LogP) is 2.73. The van der Waals surface area contributed by atoms with E-state index >= 15 is 0 Å². The van der Waals surface area contributed by atoms with E-state index in [4.69, 9.17) is 0 Å². The van der Waals surface area contributed by atoms with Crippen LogP contribution in [0, 0.1) is 5.92 Å². The summed E-state index contributed by atoms with van der Waals surface area (Å²) in [6.45, 7) is 12.6. The van der Waals surface area contributed by atoms with Gasteiger partial charge < -0.3 is 10.0 Å². The Morgan fingerprint density at radius 1 is 1.40 bits per heavy atom. The summed E-state index contributed by atoms with van der Waals surface area (Å²) in [6.07, 6.45) is 4.19. The third-order valence-electron chi connectivity index (χ3n) is 4.45. The first-order valence-corrected chi connectivity index (χ1v) is 7.99. The van der Waals surface area contributed by atoms with Gasteiger partial charge in [-0.15, -0.1) is 0 Å². The number of rotatable bonds is 7. The van der Waals surface area contributed by atoms with Gasteiger partial charge in [0.15, 0.2) is 0 Å². The zero-order valence-electron chi connectivity index (χ0n) is 13.8. The molecule has 3 unspecified atom stereocenters. The summed E-state index contributed by atoms with van der Waals surface area (Å²) in [4.78, 5) is 14.0. The standard InChI is InChI=1S/C16H32N2O2/c1-12(2)17-16(5,15(19)20)9-6-10-18-11-13(3)7-8-14(18)4/h12-14,17H,6-11H2,1-5H3,(H,19,20). The van der Waals surface area contributed by atoms with Gasteiger partial charge in [-0.25, -0.2) is 0 Å². The third kappa shape index (κ3) is 5.06. The van der Waals surface area contributed by atoms with E-state index in [1.54, 1.807) is 6.92 Å². The number of carboxylic acids is 1. The van der Waals surface area contributed by atoms with Crippen molar-refractivity contribution in [2.24, 2.45) is 5.92 Å². The zero-order chi connectivity index (χ0) is 15.3. The molecule has 1 saturated heterocycles. The molecule has 4 nitrogen and oxygen atoms in total. The molecule has 1 heterocycles. The second-order valence-corrected chi connectivity index (χ2v) is 7.07. The van der Waals surface area contributed by atoms with Gasteiger partial charge in [0.1, 0.15) is 5.54 Å². The Hall–Kier alpha value is -0.610. The van der Waals surface area contributed by atoms with Crippen LogP contribution in [-0.2, 0) is 4.79 Å². The lowest BCUT2D eigenvalue weighted by Gasteiger charge is -2.37. The first-order valence-electron chi connectivity index (χ1n) is 7.99. The van der Waals surface area contributed by atoms with E-state index in [-0.39, 0.29) is 6.04 Å². The van der Waals surface area contributed by atoms with E-state index in [0.29, 0.717) is 12.5 Å².